The average Bonchev–Trinajstić information content (AvgIpc) is 2.80. The molecule has 2 aromatic carbocycles. The number of benzene rings is 2. The standard InChI is InChI=1S/C23H23ClN4O3/c1-15-20(24)8-6-9-21(15)27-23(26-14-17-7-4-5-10-25-17)28-22(29)16-11-18(30-2)13-19(12-16)31-3/h4-13H,14H2,1-3H3,(H2,26,27,28,29). The van der Waals surface area contributed by atoms with Crippen LogP contribution in [0, 0.1) is 6.92 Å². The summed E-state index contributed by atoms with van der Waals surface area (Å²) in [5.74, 6) is 0.914. The highest BCUT2D eigenvalue weighted by atomic mass is 35.5. The van der Waals surface area contributed by atoms with E-state index in [1.165, 1.54) is 14.2 Å². The van der Waals surface area contributed by atoms with E-state index >= 15 is 0 Å². The lowest BCUT2D eigenvalue weighted by atomic mass is 10.2. The minimum atomic E-state index is -0.371. The van der Waals surface area contributed by atoms with Crippen LogP contribution in [0.4, 0.5) is 5.69 Å². The van der Waals surface area contributed by atoms with Gasteiger partial charge < -0.3 is 14.8 Å². The average molecular weight is 439 g/mol. The topological polar surface area (TPSA) is 84.8 Å². The van der Waals surface area contributed by atoms with Crippen LogP contribution in [0.2, 0.25) is 5.02 Å². The van der Waals surface area contributed by atoms with Crippen LogP contribution in [0.1, 0.15) is 21.6 Å². The van der Waals surface area contributed by atoms with Crippen molar-refractivity contribution in [3.8, 4) is 11.5 Å². The maximum absolute atomic E-state index is 13.0. The van der Waals surface area contributed by atoms with Crippen molar-refractivity contribution in [3.63, 3.8) is 0 Å². The first-order valence-corrected chi connectivity index (χ1v) is 9.89. The van der Waals surface area contributed by atoms with Crippen molar-refractivity contribution < 1.29 is 14.3 Å². The van der Waals surface area contributed by atoms with Crippen molar-refractivity contribution in [2.75, 3.05) is 19.5 Å². The SMILES string of the molecule is COc1cc(OC)cc(C(=O)NC(=NCc2ccccn2)Nc2cccc(Cl)c2C)c1. The Hall–Kier alpha value is -3.58. The summed E-state index contributed by atoms with van der Waals surface area (Å²) in [5, 5.41) is 6.59. The molecule has 0 bridgehead atoms. The summed E-state index contributed by atoms with van der Waals surface area (Å²) in [4.78, 5) is 21.7. The van der Waals surface area contributed by atoms with Gasteiger partial charge in [0, 0.05) is 28.5 Å². The number of nitrogens with zero attached hydrogens (tertiary/aromatic N) is 2. The normalized spacial score (nSPS) is 11.0. The number of carbonyl (C=O) groups excluding carboxylic acids is 1. The summed E-state index contributed by atoms with van der Waals surface area (Å²) in [6.45, 7) is 2.17. The van der Waals surface area contributed by atoms with Gasteiger partial charge in [-0.05, 0) is 48.9 Å². The lowest BCUT2D eigenvalue weighted by Crippen LogP contribution is -2.36. The van der Waals surface area contributed by atoms with Crippen LogP contribution in [0.25, 0.3) is 0 Å². The molecule has 3 rings (SSSR count). The molecule has 0 saturated heterocycles. The summed E-state index contributed by atoms with van der Waals surface area (Å²) in [6.07, 6.45) is 1.69. The second-order valence-electron chi connectivity index (χ2n) is 6.58. The van der Waals surface area contributed by atoms with Gasteiger partial charge in [0.25, 0.3) is 5.91 Å². The molecule has 1 heterocycles. The van der Waals surface area contributed by atoms with Crippen molar-refractivity contribution in [3.05, 3.63) is 82.6 Å². The van der Waals surface area contributed by atoms with Gasteiger partial charge in [-0.25, -0.2) is 4.99 Å². The number of carbonyl (C=O) groups is 1. The molecule has 0 radical (unpaired) electrons. The molecular formula is C23H23ClN4O3. The Morgan fingerprint density at radius 3 is 2.45 bits per heavy atom. The largest absolute Gasteiger partial charge is 0.497 e. The smallest absolute Gasteiger partial charge is 0.258 e. The van der Waals surface area contributed by atoms with Crippen molar-refractivity contribution in [2.24, 2.45) is 4.99 Å². The van der Waals surface area contributed by atoms with E-state index in [1.807, 2.05) is 37.3 Å². The molecule has 3 aromatic rings. The van der Waals surface area contributed by atoms with E-state index in [9.17, 15) is 4.79 Å². The van der Waals surface area contributed by atoms with Crippen LogP contribution in [0.5, 0.6) is 11.5 Å². The number of rotatable bonds is 6. The van der Waals surface area contributed by atoms with Gasteiger partial charge in [-0.3, -0.25) is 15.1 Å². The zero-order chi connectivity index (χ0) is 22.2. The number of aliphatic imine (C=N–C) groups is 1. The third-order valence-corrected chi connectivity index (χ3v) is 4.90. The Morgan fingerprint density at radius 1 is 1.06 bits per heavy atom. The van der Waals surface area contributed by atoms with E-state index in [-0.39, 0.29) is 18.4 Å². The van der Waals surface area contributed by atoms with E-state index in [2.05, 4.69) is 20.6 Å². The number of nitrogens with one attached hydrogen (secondary N) is 2. The summed E-state index contributed by atoms with van der Waals surface area (Å²) in [5.41, 5.74) is 2.70. The Kier molecular flexibility index (Phi) is 7.45. The van der Waals surface area contributed by atoms with E-state index in [1.54, 1.807) is 30.5 Å². The molecule has 0 aliphatic carbocycles. The third kappa shape index (κ3) is 5.96. The highest BCUT2D eigenvalue weighted by Gasteiger charge is 2.14. The van der Waals surface area contributed by atoms with Crippen molar-refractivity contribution in [1.29, 1.82) is 0 Å². The molecule has 7 nitrogen and oxygen atoms in total. The molecule has 0 atom stereocenters. The first kappa shape index (κ1) is 22.1. The number of anilines is 1. The third-order valence-electron chi connectivity index (χ3n) is 4.49. The lowest BCUT2D eigenvalue weighted by molar-refractivity contribution is 0.0976. The molecule has 1 amide bonds. The van der Waals surface area contributed by atoms with Crippen molar-refractivity contribution in [2.45, 2.75) is 13.5 Å². The zero-order valence-corrected chi connectivity index (χ0v) is 18.2. The maximum Gasteiger partial charge on any atom is 0.258 e. The number of aromatic nitrogens is 1. The van der Waals surface area contributed by atoms with Crippen LogP contribution in [0.3, 0.4) is 0 Å². The molecular weight excluding hydrogens is 416 g/mol. The summed E-state index contributed by atoms with van der Waals surface area (Å²) in [6, 6.07) is 16.0. The Balaban J connectivity index is 1.88. The highest BCUT2D eigenvalue weighted by molar-refractivity contribution is 6.31. The van der Waals surface area contributed by atoms with Gasteiger partial charge in [0.1, 0.15) is 11.5 Å². The van der Waals surface area contributed by atoms with Gasteiger partial charge in [-0.2, -0.15) is 0 Å². The molecule has 0 aliphatic heterocycles. The fourth-order valence-corrected chi connectivity index (χ4v) is 2.93. The fraction of sp³-hybridized carbons (Fsp3) is 0.174. The maximum atomic E-state index is 13.0. The van der Waals surface area contributed by atoms with Crippen LogP contribution in [-0.2, 0) is 6.54 Å². The van der Waals surface area contributed by atoms with Gasteiger partial charge in [-0.15, -0.1) is 0 Å². The van der Waals surface area contributed by atoms with Gasteiger partial charge in [0.05, 0.1) is 26.5 Å². The molecule has 0 spiro atoms. The number of amides is 1. The molecule has 8 heteroatoms. The monoisotopic (exact) mass is 438 g/mol. The number of ether oxygens (including phenoxy) is 2. The van der Waals surface area contributed by atoms with Gasteiger partial charge in [0.2, 0.25) is 5.96 Å². The number of halogens is 1. The van der Waals surface area contributed by atoms with E-state index in [0.717, 1.165) is 16.9 Å². The first-order valence-electron chi connectivity index (χ1n) is 9.51. The summed E-state index contributed by atoms with van der Waals surface area (Å²) < 4.78 is 10.5. The number of guanidine groups is 1. The molecule has 2 N–H and O–H groups in total. The second-order valence-corrected chi connectivity index (χ2v) is 6.99. The molecule has 0 aliphatic rings. The van der Waals surface area contributed by atoms with Gasteiger partial charge >= 0.3 is 0 Å². The summed E-state index contributed by atoms with van der Waals surface area (Å²) >= 11 is 6.23. The van der Waals surface area contributed by atoms with Gasteiger partial charge in [-0.1, -0.05) is 23.7 Å². The predicted molar refractivity (Wildman–Crippen MR) is 122 cm³/mol. The molecule has 0 fully saturated rings. The molecule has 0 unspecified atom stereocenters. The minimum Gasteiger partial charge on any atom is -0.497 e. The first-order chi connectivity index (χ1) is 15.0. The lowest BCUT2D eigenvalue weighted by Gasteiger charge is -2.15. The predicted octanol–water partition coefficient (Wildman–Crippen LogP) is 4.46. The van der Waals surface area contributed by atoms with E-state index in [0.29, 0.717) is 22.1 Å². The number of hydrogen-bond donors (Lipinski definition) is 2. The van der Waals surface area contributed by atoms with Crippen LogP contribution in [-0.4, -0.2) is 31.1 Å². The molecule has 31 heavy (non-hydrogen) atoms. The zero-order valence-electron chi connectivity index (χ0n) is 17.5. The molecule has 0 saturated carbocycles. The van der Waals surface area contributed by atoms with E-state index in [4.69, 9.17) is 21.1 Å². The Bertz CT molecular complexity index is 1070. The number of pyridine rings is 1. The van der Waals surface area contributed by atoms with Crippen molar-refractivity contribution >= 4 is 29.2 Å². The van der Waals surface area contributed by atoms with Crippen LogP contribution in [0.15, 0.2) is 65.8 Å². The van der Waals surface area contributed by atoms with Crippen molar-refractivity contribution in [1.82, 2.24) is 10.3 Å². The van der Waals surface area contributed by atoms with Crippen LogP contribution >= 0.6 is 11.6 Å². The highest BCUT2D eigenvalue weighted by Crippen LogP contribution is 2.24. The Labute approximate surface area is 186 Å². The summed E-state index contributed by atoms with van der Waals surface area (Å²) in [7, 11) is 3.05. The molecule has 160 valence electrons. The number of hydrogen-bond acceptors (Lipinski definition) is 5. The van der Waals surface area contributed by atoms with Crippen LogP contribution < -0.4 is 20.1 Å². The quantitative estimate of drug-likeness (QED) is 0.438. The van der Waals surface area contributed by atoms with E-state index < -0.39 is 0 Å². The number of methoxy groups -OCH3 is 2. The second kappa shape index (κ2) is 10.4. The minimum absolute atomic E-state index is 0.266. The van der Waals surface area contributed by atoms with Gasteiger partial charge in [0.15, 0.2) is 0 Å². The Morgan fingerprint density at radius 2 is 1.81 bits per heavy atom. The molecule has 1 aromatic heterocycles. The fourth-order valence-electron chi connectivity index (χ4n) is 2.75.